The topological polar surface area (TPSA) is 63.3 Å². The molecule has 1 unspecified atom stereocenters. The fraction of sp³-hybridized carbons (Fsp3) is 0.400. The third-order valence-corrected chi connectivity index (χ3v) is 4.18. The van der Waals surface area contributed by atoms with E-state index < -0.39 is 0 Å². The Balaban J connectivity index is 1.39. The molecule has 3 aromatic heterocycles. The van der Waals surface area contributed by atoms with E-state index in [1.165, 1.54) is 5.69 Å². The Morgan fingerprint density at radius 2 is 2.32 bits per heavy atom. The number of nitrogens with zero attached hydrogens (tertiary/aromatic N) is 6. The Morgan fingerprint density at radius 1 is 1.36 bits per heavy atom. The summed E-state index contributed by atoms with van der Waals surface area (Å²) in [5.74, 6) is 0.901. The van der Waals surface area contributed by atoms with Crippen molar-refractivity contribution in [2.75, 3.05) is 18.4 Å². The zero-order chi connectivity index (χ0) is 14.9. The first-order chi connectivity index (χ1) is 10.8. The molecule has 1 N–H and O–H groups in total. The number of aromatic nitrogens is 5. The minimum Gasteiger partial charge on any atom is -0.365 e. The third-order valence-electron chi connectivity index (χ3n) is 4.18. The van der Waals surface area contributed by atoms with Crippen molar-refractivity contribution >= 4 is 11.5 Å². The lowest BCUT2D eigenvalue weighted by Crippen LogP contribution is -2.27. The van der Waals surface area contributed by atoms with E-state index in [1.807, 2.05) is 37.9 Å². The fourth-order valence-electron chi connectivity index (χ4n) is 2.96. The van der Waals surface area contributed by atoms with Crippen LogP contribution in [-0.4, -0.2) is 48.2 Å². The summed E-state index contributed by atoms with van der Waals surface area (Å²) in [6.45, 7) is 3.06. The molecule has 0 aliphatic carbocycles. The van der Waals surface area contributed by atoms with Crippen molar-refractivity contribution in [3.05, 3.63) is 42.7 Å². The van der Waals surface area contributed by atoms with E-state index in [0.717, 1.165) is 37.5 Å². The van der Waals surface area contributed by atoms with Gasteiger partial charge in [-0.25, -0.2) is 14.5 Å². The quantitative estimate of drug-likeness (QED) is 0.782. The van der Waals surface area contributed by atoms with E-state index in [9.17, 15) is 0 Å². The average Bonchev–Trinajstić information content (AvgIpc) is 3.22. The normalized spacial score (nSPS) is 19.0. The van der Waals surface area contributed by atoms with Crippen molar-refractivity contribution in [1.29, 1.82) is 0 Å². The third kappa shape index (κ3) is 2.55. The number of imidazole rings is 2. The Morgan fingerprint density at radius 3 is 3.18 bits per heavy atom. The lowest BCUT2D eigenvalue weighted by atomic mass is 10.2. The van der Waals surface area contributed by atoms with Gasteiger partial charge in [-0.2, -0.15) is 0 Å². The van der Waals surface area contributed by atoms with Gasteiger partial charge in [-0.05, 0) is 18.6 Å². The van der Waals surface area contributed by atoms with E-state index in [4.69, 9.17) is 0 Å². The van der Waals surface area contributed by atoms with Gasteiger partial charge in [-0.3, -0.25) is 4.90 Å². The van der Waals surface area contributed by atoms with E-state index in [2.05, 4.69) is 29.9 Å². The Hall–Kier alpha value is -2.41. The Bertz CT molecular complexity index is 775. The monoisotopic (exact) mass is 297 g/mol. The predicted octanol–water partition coefficient (Wildman–Crippen LogP) is 1.15. The van der Waals surface area contributed by atoms with Crippen molar-refractivity contribution in [3.63, 3.8) is 0 Å². The average molecular weight is 297 g/mol. The summed E-state index contributed by atoms with van der Waals surface area (Å²) in [5.41, 5.74) is 2.12. The van der Waals surface area contributed by atoms with Crippen LogP contribution < -0.4 is 5.32 Å². The van der Waals surface area contributed by atoms with Crippen LogP contribution in [0.1, 0.15) is 12.1 Å². The lowest BCUT2D eigenvalue weighted by molar-refractivity contribution is 0.320. The van der Waals surface area contributed by atoms with Crippen molar-refractivity contribution in [2.45, 2.75) is 19.0 Å². The maximum Gasteiger partial charge on any atom is 0.153 e. The standard InChI is InChI=1S/C15H19N7/c1-20-11-16-8-13(20)10-21-6-4-12(9-21)18-14-2-3-15-17-5-7-22(15)19-14/h2-3,5,7-8,11-12H,4,6,9-10H2,1H3,(H,18,19). The van der Waals surface area contributed by atoms with Crippen molar-refractivity contribution in [3.8, 4) is 0 Å². The van der Waals surface area contributed by atoms with Gasteiger partial charge in [-0.15, -0.1) is 5.10 Å². The highest BCUT2D eigenvalue weighted by molar-refractivity contribution is 5.44. The maximum atomic E-state index is 4.52. The van der Waals surface area contributed by atoms with Gasteiger partial charge < -0.3 is 9.88 Å². The first-order valence-corrected chi connectivity index (χ1v) is 7.52. The highest BCUT2D eigenvalue weighted by Gasteiger charge is 2.23. The molecule has 1 aliphatic heterocycles. The van der Waals surface area contributed by atoms with E-state index in [0.29, 0.717) is 6.04 Å². The van der Waals surface area contributed by atoms with Crippen LogP contribution in [0.15, 0.2) is 37.1 Å². The number of nitrogens with one attached hydrogen (secondary N) is 1. The van der Waals surface area contributed by atoms with Crippen molar-refractivity contribution < 1.29 is 0 Å². The van der Waals surface area contributed by atoms with E-state index in [1.54, 1.807) is 10.7 Å². The van der Waals surface area contributed by atoms with Crippen LogP contribution in [0.25, 0.3) is 5.65 Å². The largest absolute Gasteiger partial charge is 0.365 e. The molecule has 4 rings (SSSR count). The number of anilines is 1. The van der Waals surface area contributed by atoms with Gasteiger partial charge in [-0.1, -0.05) is 0 Å². The smallest absolute Gasteiger partial charge is 0.153 e. The first kappa shape index (κ1) is 13.3. The van der Waals surface area contributed by atoms with Crippen LogP contribution in [0, 0.1) is 0 Å². The summed E-state index contributed by atoms with van der Waals surface area (Å²) < 4.78 is 3.87. The molecule has 7 nitrogen and oxygen atoms in total. The van der Waals surface area contributed by atoms with Gasteiger partial charge in [0.15, 0.2) is 5.65 Å². The lowest BCUT2D eigenvalue weighted by Gasteiger charge is -2.17. The number of hydrogen-bond donors (Lipinski definition) is 1. The fourth-order valence-corrected chi connectivity index (χ4v) is 2.96. The Kier molecular flexibility index (Phi) is 3.27. The molecule has 0 bridgehead atoms. The Labute approximate surface area is 128 Å². The van der Waals surface area contributed by atoms with Crippen molar-refractivity contribution in [1.82, 2.24) is 29.0 Å². The second kappa shape index (κ2) is 5.42. The molecule has 0 spiro atoms. The predicted molar refractivity (Wildman–Crippen MR) is 83.5 cm³/mol. The van der Waals surface area contributed by atoms with Gasteiger partial charge in [0.2, 0.25) is 0 Å². The van der Waals surface area contributed by atoms with Gasteiger partial charge in [0.25, 0.3) is 0 Å². The number of likely N-dealkylation sites (tertiary alicyclic amines) is 1. The molecule has 3 aromatic rings. The highest BCUT2D eigenvalue weighted by atomic mass is 15.3. The van der Waals surface area contributed by atoms with Gasteiger partial charge in [0, 0.05) is 51.3 Å². The minimum absolute atomic E-state index is 0.432. The summed E-state index contributed by atoms with van der Waals surface area (Å²) >= 11 is 0. The summed E-state index contributed by atoms with van der Waals surface area (Å²) in [6, 6.07) is 4.41. The van der Waals surface area contributed by atoms with Crippen LogP contribution >= 0.6 is 0 Å². The highest BCUT2D eigenvalue weighted by Crippen LogP contribution is 2.17. The molecule has 0 amide bonds. The maximum absolute atomic E-state index is 4.52. The molecule has 0 radical (unpaired) electrons. The molecule has 7 heteroatoms. The number of rotatable bonds is 4. The number of hydrogen-bond acceptors (Lipinski definition) is 5. The summed E-state index contributed by atoms with van der Waals surface area (Å²) in [7, 11) is 2.04. The SMILES string of the molecule is Cn1cncc1CN1CCC(Nc2ccc3nccn3n2)C1. The molecule has 0 aromatic carbocycles. The molecule has 22 heavy (non-hydrogen) atoms. The van der Waals surface area contributed by atoms with Crippen LogP contribution in [0.5, 0.6) is 0 Å². The molecule has 1 aliphatic rings. The zero-order valence-corrected chi connectivity index (χ0v) is 12.6. The number of aryl methyl sites for hydroxylation is 1. The first-order valence-electron chi connectivity index (χ1n) is 7.52. The molecule has 1 fully saturated rings. The van der Waals surface area contributed by atoms with Crippen LogP contribution in [0.4, 0.5) is 5.82 Å². The summed E-state index contributed by atoms with van der Waals surface area (Å²) in [4.78, 5) is 10.8. The van der Waals surface area contributed by atoms with Crippen LogP contribution in [0.3, 0.4) is 0 Å². The van der Waals surface area contributed by atoms with Gasteiger partial charge >= 0.3 is 0 Å². The summed E-state index contributed by atoms with van der Waals surface area (Å²) in [5, 5.41) is 8.05. The summed E-state index contributed by atoms with van der Waals surface area (Å²) in [6.07, 6.45) is 8.54. The molecule has 0 saturated carbocycles. The second-order valence-electron chi connectivity index (χ2n) is 5.81. The van der Waals surface area contributed by atoms with E-state index in [-0.39, 0.29) is 0 Å². The minimum atomic E-state index is 0.432. The second-order valence-corrected chi connectivity index (χ2v) is 5.81. The molecular weight excluding hydrogens is 278 g/mol. The van der Waals surface area contributed by atoms with Crippen molar-refractivity contribution in [2.24, 2.45) is 7.05 Å². The van der Waals surface area contributed by atoms with Gasteiger partial charge in [0.1, 0.15) is 5.82 Å². The van der Waals surface area contributed by atoms with E-state index >= 15 is 0 Å². The van der Waals surface area contributed by atoms with Gasteiger partial charge in [0.05, 0.1) is 12.0 Å². The zero-order valence-electron chi connectivity index (χ0n) is 12.6. The van der Waals surface area contributed by atoms with Crippen LogP contribution in [0.2, 0.25) is 0 Å². The molecular formula is C15H19N7. The molecule has 4 heterocycles. The number of fused-ring (bicyclic) bond motifs is 1. The molecule has 114 valence electrons. The molecule has 1 atom stereocenters. The molecule has 1 saturated heterocycles. The van der Waals surface area contributed by atoms with Crippen LogP contribution in [-0.2, 0) is 13.6 Å².